The zero-order chi connectivity index (χ0) is 23.7. The van der Waals surface area contributed by atoms with E-state index in [-0.39, 0.29) is 22.3 Å². The fourth-order valence-corrected chi connectivity index (χ4v) is 4.88. The number of rotatable bonds is 5. The number of aromatic nitrogens is 2. The molecule has 33 heavy (non-hydrogen) atoms. The SMILES string of the molecule is COc1ccc(-n2c(=S)[nH]c3cc(C(=O)NC4CCCC(C)C4C)ccc3c2=O)c(OC)c1. The van der Waals surface area contributed by atoms with E-state index in [4.69, 9.17) is 21.7 Å². The molecule has 0 radical (unpaired) electrons. The Balaban J connectivity index is 1.71. The van der Waals surface area contributed by atoms with Gasteiger partial charge in [-0.1, -0.05) is 26.7 Å². The van der Waals surface area contributed by atoms with Crippen LogP contribution in [-0.2, 0) is 0 Å². The average molecular weight is 468 g/mol. The second-order valence-corrected chi connectivity index (χ2v) is 9.10. The molecule has 7 nitrogen and oxygen atoms in total. The molecule has 1 aliphatic rings. The first-order chi connectivity index (χ1) is 15.8. The summed E-state index contributed by atoms with van der Waals surface area (Å²) in [5.41, 5.74) is 1.23. The van der Waals surface area contributed by atoms with Crippen LogP contribution in [0.4, 0.5) is 0 Å². The Morgan fingerprint density at radius 3 is 2.64 bits per heavy atom. The van der Waals surface area contributed by atoms with Gasteiger partial charge in [0.25, 0.3) is 11.5 Å². The summed E-state index contributed by atoms with van der Waals surface area (Å²) >= 11 is 5.51. The van der Waals surface area contributed by atoms with Crippen molar-refractivity contribution >= 4 is 29.0 Å². The van der Waals surface area contributed by atoms with Crippen LogP contribution in [-0.4, -0.2) is 35.7 Å². The zero-order valence-corrected chi connectivity index (χ0v) is 20.1. The Morgan fingerprint density at radius 2 is 1.91 bits per heavy atom. The number of aromatic amines is 1. The topological polar surface area (TPSA) is 85.4 Å². The van der Waals surface area contributed by atoms with Gasteiger partial charge in [-0.15, -0.1) is 0 Å². The molecule has 1 heterocycles. The zero-order valence-electron chi connectivity index (χ0n) is 19.3. The van der Waals surface area contributed by atoms with E-state index in [1.54, 1.807) is 43.5 Å². The number of ether oxygens (including phenoxy) is 2. The van der Waals surface area contributed by atoms with Crippen LogP contribution in [0.2, 0.25) is 0 Å². The fraction of sp³-hybridized carbons (Fsp3) is 0.400. The molecular weight excluding hydrogens is 438 g/mol. The van der Waals surface area contributed by atoms with Gasteiger partial charge in [-0.2, -0.15) is 0 Å². The fourth-order valence-electron chi connectivity index (χ4n) is 4.59. The number of carbonyl (C=O) groups is 1. The highest BCUT2D eigenvalue weighted by Crippen LogP contribution is 2.30. The average Bonchev–Trinajstić information content (AvgIpc) is 2.81. The Hall–Kier alpha value is -3.13. The van der Waals surface area contributed by atoms with E-state index < -0.39 is 0 Å². The van der Waals surface area contributed by atoms with E-state index in [0.29, 0.717) is 45.5 Å². The summed E-state index contributed by atoms with van der Waals surface area (Å²) in [6.07, 6.45) is 3.31. The molecule has 3 aromatic rings. The lowest BCUT2D eigenvalue weighted by Gasteiger charge is -2.34. The predicted octanol–water partition coefficient (Wildman–Crippen LogP) is 4.62. The van der Waals surface area contributed by atoms with Crippen LogP contribution in [0.5, 0.6) is 11.5 Å². The molecule has 2 aromatic carbocycles. The first-order valence-electron chi connectivity index (χ1n) is 11.2. The van der Waals surface area contributed by atoms with Crippen molar-refractivity contribution in [3.63, 3.8) is 0 Å². The molecule has 1 aromatic heterocycles. The summed E-state index contributed by atoms with van der Waals surface area (Å²) in [5, 5.41) is 3.61. The minimum atomic E-state index is -0.293. The Bertz CT molecular complexity index is 1310. The molecule has 0 spiro atoms. The minimum absolute atomic E-state index is 0.136. The number of carbonyl (C=O) groups excluding carboxylic acids is 1. The van der Waals surface area contributed by atoms with Gasteiger partial charge in [0.15, 0.2) is 4.77 Å². The second-order valence-electron chi connectivity index (χ2n) is 8.72. The van der Waals surface area contributed by atoms with Crippen molar-refractivity contribution in [3.8, 4) is 17.2 Å². The normalized spacial score (nSPS) is 20.4. The van der Waals surface area contributed by atoms with Crippen LogP contribution in [0.3, 0.4) is 0 Å². The number of nitrogens with zero attached hydrogens (tertiary/aromatic N) is 1. The number of fused-ring (bicyclic) bond motifs is 1. The molecule has 0 aliphatic heterocycles. The minimum Gasteiger partial charge on any atom is -0.497 e. The third kappa shape index (κ3) is 4.39. The van der Waals surface area contributed by atoms with Gasteiger partial charge in [0, 0.05) is 17.7 Å². The predicted molar refractivity (Wildman–Crippen MR) is 131 cm³/mol. The maximum Gasteiger partial charge on any atom is 0.266 e. The van der Waals surface area contributed by atoms with Gasteiger partial charge in [-0.05, 0) is 60.8 Å². The van der Waals surface area contributed by atoms with Gasteiger partial charge in [-0.25, -0.2) is 4.57 Å². The molecule has 0 bridgehead atoms. The number of amides is 1. The van der Waals surface area contributed by atoms with Crippen LogP contribution in [0.15, 0.2) is 41.2 Å². The second kappa shape index (κ2) is 9.39. The molecular formula is C25H29N3O4S. The lowest BCUT2D eigenvalue weighted by molar-refractivity contribution is 0.0891. The van der Waals surface area contributed by atoms with Crippen molar-refractivity contribution in [2.24, 2.45) is 11.8 Å². The number of H-pyrrole nitrogens is 1. The molecule has 0 saturated heterocycles. The summed E-state index contributed by atoms with van der Waals surface area (Å²) in [7, 11) is 3.09. The van der Waals surface area contributed by atoms with Gasteiger partial charge >= 0.3 is 0 Å². The van der Waals surface area contributed by atoms with Crippen molar-refractivity contribution < 1.29 is 14.3 Å². The van der Waals surface area contributed by atoms with Crippen molar-refractivity contribution in [2.45, 2.75) is 39.2 Å². The largest absolute Gasteiger partial charge is 0.497 e. The van der Waals surface area contributed by atoms with Crippen LogP contribution < -0.4 is 20.3 Å². The van der Waals surface area contributed by atoms with Gasteiger partial charge in [-0.3, -0.25) is 9.59 Å². The number of methoxy groups -OCH3 is 2. The number of nitrogens with one attached hydrogen (secondary N) is 2. The van der Waals surface area contributed by atoms with Crippen LogP contribution >= 0.6 is 12.2 Å². The molecule has 8 heteroatoms. The van der Waals surface area contributed by atoms with E-state index in [1.165, 1.54) is 18.1 Å². The monoisotopic (exact) mass is 467 g/mol. The lowest BCUT2D eigenvalue weighted by Crippen LogP contribution is -2.43. The Labute approximate surface area is 197 Å². The third-order valence-corrected chi connectivity index (χ3v) is 7.10. The molecule has 1 fully saturated rings. The van der Waals surface area contributed by atoms with Crippen molar-refractivity contribution in [2.75, 3.05) is 14.2 Å². The highest BCUT2D eigenvalue weighted by atomic mass is 32.1. The number of hydrogen-bond donors (Lipinski definition) is 2. The molecule has 174 valence electrons. The Morgan fingerprint density at radius 1 is 1.12 bits per heavy atom. The van der Waals surface area contributed by atoms with Crippen LogP contribution in [0, 0.1) is 16.6 Å². The number of hydrogen-bond acceptors (Lipinski definition) is 5. The van der Waals surface area contributed by atoms with Crippen molar-refractivity contribution in [1.29, 1.82) is 0 Å². The van der Waals surface area contributed by atoms with Gasteiger partial charge in [0.2, 0.25) is 0 Å². The Kier molecular flexibility index (Phi) is 6.56. The molecule has 1 amide bonds. The quantitative estimate of drug-likeness (QED) is 0.535. The summed E-state index contributed by atoms with van der Waals surface area (Å²) < 4.78 is 12.3. The molecule has 1 saturated carbocycles. The van der Waals surface area contributed by atoms with E-state index in [9.17, 15) is 9.59 Å². The first kappa shape index (κ1) is 23.0. The summed E-state index contributed by atoms with van der Waals surface area (Å²) in [5.74, 6) is 1.95. The third-order valence-electron chi connectivity index (χ3n) is 6.81. The van der Waals surface area contributed by atoms with E-state index in [2.05, 4.69) is 24.1 Å². The maximum absolute atomic E-state index is 13.3. The van der Waals surface area contributed by atoms with Crippen molar-refractivity contribution in [3.05, 3.63) is 57.1 Å². The standard InChI is InChI=1S/C25H29N3O4S/c1-14-6-5-7-19(15(14)2)26-23(29)16-8-10-18-20(12-16)27-25(33)28(24(18)30)21-11-9-17(31-3)13-22(21)32-4/h8-15,19H,5-7H2,1-4H3,(H,26,29)(H,27,33). The van der Waals surface area contributed by atoms with Gasteiger partial charge < -0.3 is 19.8 Å². The van der Waals surface area contributed by atoms with Gasteiger partial charge in [0.1, 0.15) is 11.5 Å². The van der Waals surface area contributed by atoms with Gasteiger partial charge in [0.05, 0.1) is 30.8 Å². The van der Waals surface area contributed by atoms with E-state index in [1.807, 2.05) is 0 Å². The summed E-state index contributed by atoms with van der Waals surface area (Å²) in [4.78, 5) is 29.4. The highest BCUT2D eigenvalue weighted by molar-refractivity contribution is 7.71. The maximum atomic E-state index is 13.3. The molecule has 3 atom stereocenters. The molecule has 3 unspecified atom stereocenters. The molecule has 4 rings (SSSR count). The van der Waals surface area contributed by atoms with Crippen molar-refractivity contribution in [1.82, 2.24) is 14.9 Å². The van der Waals surface area contributed by atoms with E-state index in [0.717, 1.165) is 12.8 Å². The van der Waals surface area contributed by atoms with Crippen LogP contribution in [0.1, 0.15) is 43.5 Å². The lowest BCUT2D eigenvalue weighted by atomic mass is 9.78. The smallest absolute Gasteiger partial charge is 0.266 e. The molecule has 1 aliphatic carbocycles. The summed E-state index contributed by atoms with van der Waals surface area (Å²) in [6.45, 7) is 4.43. The van der Waals surface area contributed by atoms with Crippen LogP contribution in [0.25, 0.3) is 16.6 Å². The first-order valence-corrected chi connectivity index (χ1v) is 11.6. The highest BCUT2D eigenvalue weighted by Gasteiger charge is 2.28. The summed E-state index contributed by atoms with van der Waals surface area (Å²) in [6, 6.07) is 10.4. The molecule has 2 N–H and O–H groups in total. The number of benzene rings is 2. The van der Waals surface area contributed by atoms with E-state index >= 15 is 0 Å².